The Morgan fingerprint density at radius 2 is 2.00 bits per heavy atom. The van der Waals surface area contributed by atoms with Crippen molar-refractivity contribution < 1.29 is 22.3 Å². The Morgan fingerprint density at radius 3 is 2.59 bits per heavy atom. The van der Waals surface area contributed by atoms with Crippen LogP contribution in [0, 0.1) is 5.82 Å². The van der Waals surface area contributed by atoms with Gasteiger partial charge in [-0.05, 0) is 18.2 Å². The predicted molar refractivity (Wildman–Crippen MR) is 58.4 cm³/mol. The number of alkyl halides is 3. The van der Waals surface area contributed by atoms with Crippen molar-refractivity contribution in [1.82, 2.24) is 0 Å². The minimum atomic E-state index is -4.31. The highest BCUT2D eigenvalue weighted by Gasteiger charge is 2.27. The zero-order valence-corrected chi connectivity index (χ0v) is 9.58. The third-order valence-electron chi connectivity index (χ3n) is 1.73. The van der Waals surface area contributed by atoms with E-state index in [0.717, 1.165) is 0 Å². The molecule has 0 spiro atoms. The van der Waals surface area contributed by atoms with E-state index in [4.69, 9.17) is 5.73 Å². The first kappa shape index (κ1) is 14.1. The van der Waals surface area contributed by atoms with Crippen LogP contribution in [0.15, 0.2) is 23.1 Å². The molecule has 0 radical (unpaired) electrons. The number of halogens is 4. The first-order chi connectivity index (χ1) is 7.88. The van der Waals surface area contributed by atoms with Gasteiger partial charge in [0.25, 0.3) is 0 Å². The van der Waals surface area contributed by atoms with Crippen LogP contribution in [0.4, 0.5) is 23.2 Å². The van der Waals surface area contributed by atoms with Crippen molar-refractivity contribution in [2.45, 2.75) is 11.1 Å². The first-order valence-corrected chi connectivity index (χ1v) is 5.69. The van der Waals surface area contributed by atoms with E-state index in [1.165, 1.54) is 23.9 Å². The van der Waals surface area contributed by atoms with E-state index in [1.54, 1.807) is 6.07 Å². The fourth-order valence-electron chi connectivity index (χ4n) is 1.00. The Morgan fingerprint density at radius 1 is 1.29 bits per heavy atom. The molecule has 0 atom stereocenters. The zero-order chi connectivity index (χ0) is 12.9. The van der Waals surface area contributed by atoms with Gasteiger partial charge in [0.15, 0.2) is 0 Å². The molecular weight excluding hydrogens is 258 g/mol. The first-order valence-electron chi connectivity index (χ1n) is 4.71. The second-order valence-electron chi connectivity index (χ2n) is 3.20. The smallest absolute Gasteiger partial charge is 0.396 e. The highest BCUT2D eigenvalue weighted by Crippen LogP contribution is 2.22. The van der Waals surface area contributed by atoms with Crippen LogP contribution in [-0.4, -0.2) is 25.1 Å². The van der Waals surface area contributed by atoms with Crippen LogP contribution in [0.1, 0.15) is 0 Å². The standard InChI is InChI=1S/C10H11F4NOS/c11-8-5-7(1-2-9(8)15)17-4-3-16-6-10(12,13)14/h1-2,5H,3-4,6,15H2. The molecule has 96 valence electrons. The van der Waals surface area contributed by atoms with Crippen molar-refractivity contribution in [3.05, 3.63) is 24.0 Å². The highest BCUT2D eigenvalue weighted by atomic mass is 32.2. The molecule has 0 saturated heterocycles. The molecule has 1 rings (SSSR count). The number of hydrogen-bond acceptors (Lipinski definition) is 3. The average Bonchev–Trinajstić information content (AvgIpc) is 2.21. The van der Waals surface area contributed by atoms with Gasteiger partial charge in [-0.3, -0.25) is 0 Å². The van der Waals surface area contributed by atoms with Gasteiger partial charge < -0.3 is 10.5 Å². The fourth-order valence-corrected chi connectivity index (χ4v) is 1.79. The topological polar surface area (TPSA) is 35.2 Å². The lowest BCUT2D eigenvalue weighted by atomic mass is 10.3. The maximum Gasteiger partial charge on any atom is 0.411 e. The Kier molecular flexibility index (Phi) is 5.07. The predicted octanol–water partition coefficient (Wildman–Crippen LogP) is 3.08. The van der Waals surface area contributed by atoms with Crippen LogP contribution in [0.3, 0.4) is 0 Å². The van der Waals surface area contributed by atoms with Crippen molar-refractivity contribution in [2.75, 3.05) is 24.7 Å². The van der Waals surface area contributed by atoms with Crippen LogP contribution < -0.4 is 5.73 Å². The molecule has 0 bridgehead atoms. The van der Waals surface area contributed by atoms with E-state index < -0.39 is 18.6 Å². The Balaban J connectivity index is 2.25. The number of hydrogen-bond donors (Lipinski definition) is 1. The van der Waals surface area contributed by atoms with Gasteiger partial charge in [-0.25, -0.2) is 4.39 Å². The molecule has 0 heterocycles. The van der Waals surface area contributed by atoms with E-state index in [9.17, 15) is 17.6 Å². The highest BCUT2D eigenvalue weighted by molar-refractivity contribution is 7.99. The van der Waals surface area contributed by atoms with Crippen molar-refractivity contribution in [3.8, 4) is 0 Å². The molecule has 0 fully saturated rings. The second-order valence-corrected chi connectivity index (χ2v) is 4.37. The van der Waals surface area contributed by atoms with Gasteiger partial charge in [-0.15, -0.1) is 11.8 Å². The van der Waals surface area contributed by atoms with Crippen LogP contribution >= 0.6 is 11.8 Å². The number of benzene rings is 1. The number of thioether (sulfide) groups is 1. The van der Waals surface area contributed by atoms with Crippen molar-refractivity contribution in [1.29, 1.82) is 0 Å². The maximum atomic E-state index is 13.0. The summed E-state index contributed by atoms with van der Waals surface area (Å²) in [5.41, 5.74) is 5.32. The lowest BCUT2D eigenvalue weighted by Crippen LogP contribution is -2.17. The second kappa shape index (κ2) is 6.11. The molecule has 0 aromatic heterocycles. The van der Waals surface area contributed by atoms with E-state index >= 15 is 0 Å². The minimum Gasteiger partial charge on any atom is -0.396 e. The normalized spacial score (nSPS) is 11.8. The van der Waals surface area contributed by atoms with Gasteiger partial charge in [0.2, 0.25) is 0 Å². The van der Waals surface area contributed by atoms with Crippen molar-refractivity contribution in [3.63, 3.8) is 0 Å². The average molecular weight is 269 g/mol. The van der Waals surface area contributed by atoms with E-state index in [2.05, 4.69) is 4.74 Å². The summed E-state index contributed by atoms with van der Waals surface area (Å²) in [5, 5.41) is 0. The number of anilines is 1. The SMILES string of the molecule is Nc1ccc(SCCOCC(F)(F)F)cc1F. The van der Waals surface area contributed by atoms with Crippen LogP contribution in [-0.2, 0) is 4.74 Å². The molecule has 17 heavy (non-hydrogen) atoms. The fraction of sp³-hybridized carbons (Fsp3) is 0.400. The van der Waals surface area contributed by atoms with Crippen molar-refractivity contribution in [2.24, 2.45) is 0 Å². The molecule has 0 unspecified atom stereocenters. The van der Waals surface area contributed by atoms with Crippen molar-refractivity contribution >= 4 is 17.4 Å². The lowest BCUT2D eigenvalue weighted by molar-refractivity contribution is -0.172. The summed E-state index contributed by atoms with van der Waals surface area (Å²) in [7, 11) is 0. The number of ether oxygens (including phenoxy) is 1. The van der Waals surface area contributed by atoms with Gasteiger partial charge in [0, 0.05) is 10.6 Å². The Labute approximate surface area is 100 Å². The van der Waals surface area contributed by atoms with E-state index in [1.807, 2.05) is 0 Å². The zero-order valence-electron chi connectivity index (χ0n) is 8.76. The summed E-state index contributed by atoms with van der Waals surface area (Å²) < 4.78 is 52.5. The molecule has 0 aliphatic rings. The maximum absolute atomic E-state index is 13.0. The van der Waals surface area contributed by atoms with Gasteiger partial charge in [-0.2, -0.15) is 13.2 Å². The molecule has 0 amide bonds. The van der Waals surface area contributed by atoms with Crippen LogP contribution in [0.25, 0.3) is 0 Å². The lowest BCUT2D eigenvalue weighted by Gasteiger charge is -2.07. The summed E-state index contributed by atoms with van der Waals surface area (Å²) in [6, 6.07) is 4.25. The molecule has 0 aliphatic heterocycles. The number of rotatable bonds is 5. The summed E-state index contributed by atoms with van der Waals surface area (Å²) >= 11 is 1.21. The molecule has 7 heteroatoms. The summed E-state index contributed by atoms with van der Waals surface area (Å²) in [5.74, 6) is -0.217. The molecule has 0 saturated carbocycles. The van der Waals surface area contributed by atoms with E-state index in [0.29, 0.717) is 10.6 Å². The Hall–Kier alpha value is -0.950. The molecule has 2 nitrogen and oxygen atoms in total. The monoisotopic (exact) mass is 269 g/mol. The van der Waals surface area contributed by atoms with Crippen LogP contribution in [0.2, 0.25) is 0 Å². The van der Waals surface area contributed by atoms with Gasteiger partial charge in [0.1, 0.15) is 12.4 Å². The van der Waals surface area contributed by atoms with Gasteiger partial charge in [-0.1, -0.05) is 0 Å². The summed E-state index contributed by atoms with van der Waals surface area (Å²) in [4.78, 5) is 0.604. The molecule has 0 aliphatic carbocycles. The third-order valence-corrected chi connectivity index (χ3v) is 2.69. The van der Waals surface area contributed by atoms with Crippen LogP contribution in [0.5, 0.6) is 0 Å². The molecule has 1 aromatic carbocycles. The molecular formula is C10H11F4NOS. The van der Waals surface area contributed by atoms with Gasteiger partial charge >= 0.3 is 6.18 Å². The van der Waals surface area contributed by atoms with Gasteiger partial charge in [0.05, 0.1) is 12.3 Å². The summed E-state index contributed by atoms with van der Waals surface area (Å²) in [6.07, 6.45) is -4.31. The quantitative estimate of drug-likeness (QED) is 0.386. The Bertz CT molecular complexity index is 370. The third kappa shape index (κ3) is 5.78. The molecule has 2 N–H and O–H groups in total. The number of nitrogens with two attached hydrogens (primary N) is 1. The molecule has 1 aromatic rings. The minimum absolute atomic E-state index is 0.0441. The van der Waals surface area contributed by atoms with E-state index in [-0.39, 0.29) is 12.3 Å². The summed E-state index contributed by atoms with van der Waals surface area (Å²) in [6.45, 7) is -1.31. The number of nitrogen functional groups attached to an aromatic ring is 1. The largest absolute Gasteiger partial charge is 0.411 e.